The van der Waals surface area contributed by atoms with E-state index in [1.165, 1.54) is 19.3 Å². The molecule has 13 heavy (non-hydrogen) atoms. The molecule has 78 valence electrons. The first kappa shape index (κ1) is 13.0. The molecule has 1 atom stereocenters. The van der Waals surface area contributed by atoms with E-state index in [0.29, 0.717) is 12.3 Å². The Bertz CT molecular complexity index is 134. The Morgan fingerprint density at radius 1 is 1.38 bits per heavy atom. The summed E-state index contributed by atoms with van der Waals surface area (Å²) >= 11 is 5.57. The zero-order chi connectivity index (χ0) is 10.1. The second-order valence-electron chi connectivity index (χ2n) is 3.59. The molecule has 1 N–H and O–H groups in total. The van der Waals surface area contributed by atoms with E-state index in [4.69, 9.17) is 11.6 Å². The van der Waals surface area contributed by atoms with Gasteiger partial charge in [-0.2, -0.15) is 0 Å². The van der Waals surface area contributed by atoms with Crippen LogP contribution in [0, 0.1) is 0 Å². The SMILES string of the molecule is C=C(CCl)CC(O)CCCCCC. The summed E-state index contributed by atoms with van der Waals surface area (Å²) in [7, 11) is 0. The molecule has 1 nitrogen and oxygen atoms in total. The van der Waals surface area contributed by atoms with E-state index in [-0.39, 0.29) is 6.10 Å². The summed E-state index contributed by atoms with van der Waals surface area (Å²) in [5, 5.41) is 9.53. The van der Waals surface area contributed by atoms with Crippen LogP contribution < -0.4 is 0 Å². The quantitative estimate of drug-likeness (QED) is 0.365. The van der Waals surface area contributed by atoms with Gasteiger partial charge in [0.15, 0.2) is 0 Å². The molecule has 0 spiro atoms. The van der Waals surface area contributed by atoms with E-state index in [9.17, 15) is 5.11 Å². The van der Waals surface area contributed by atoms with Gasteiger partial charge in [0.05, 0.1) is 6.10 Å². The van der Waals surface area contributed by atoms with Gasteiger partial charge in [-0.05, 0) is 12.8 Å². The lowest BCUT2D eigenvalue weighted by Crippen LogP contribution is -2.07. The highest BCUT2D eigenvalue weighted by atomic mass is 35.5. The summed E-state index contributed by atoms with van der Waals surface area (Å²) in [6, 6.07) is 0. The third kappa shape index (κ3) is 8.32. The Morgan fingerprint density at radius 2 is 2.08 bits per heavy atom. The topological polar surface area (TPSA) is 20.2 Å². The number of halogens is 1. The van der Waals surface area contributed by atoms with E-state index in [2.05, 4.69) is 13.5 Å². The van der Waals surface area contributed by atoms with E-state index in [1.54, 1.807) is 0 Å². The molecule has 0 aromatic carbocycles. The number of hydrogen-bond donors (Lipinski definition) is 1. The summed E-state index contributed by atoms with van der Waals surface area (Å²) in [5.41, 5.74) is 0.935. The fraction of sp³-hybridized carbons (Fsp3) is 0.818. The highest BCUT2D eigenvalue weighted by Gasteiger charge is 2.04. The minimum absolute atomic E-state index is 0.233. The van der Waals surface area contributed by atoms with Gasteiger partial charge in [-0.25, -0.2) is 0 Å². The lowest BCUT2D eigenvalue weighted by Gasteiger charge is -2.10. The van der Waals surface area contributed by atoms with Crippen LogP contribution in [0.3, 0.4) is 0 Å². The lowest BCUT2D eigenvalue weighted by atomic mass is 10.0. The molecule has 0 rings (SSSR count). The van der Waals surface area contributed by atoms with E-state index >= 15 is 0 Å². The molecule has 0 bridgehead atoms. The molecule has 0 saturated heterocycles. The van der Waals surface area contributed by atoms with Crippen LogP contribution >= 0.6 is 11.6 Å². The zero-order valence-electron chi connectivity index (χ0n) is 8.56. The monoisotopic (exact) mass is 204 g/mol. The molecule has 0 saturated carbocycles. The van der Waals surface area contributed by atoms with Gasteiger partial charge in [0.1, 0.15) is 0 Å². The van der Waals surface area contributed by atoms with Crippen molar-refractivity contribution in [2.24, 2.45) is 0 Å². The van der Waals surface area contributed by atoms with Gasteiger partial charge in [-0.1, -0.05) is 44.8 Å². The second-order valence-corrected chi connectivity index (χ2v) is 3.86. The van der Waals surface area contributed by atoms with Crippen molar-refractivity contribution in [1.82, 2.24) is 0 Å². The lowest BCUT2D eigenvalue weighted by molar-refractivity contribution is 0.161. The van der Waals surface area contributed by atoms with Gasteiger partial charge in [-0.3, -0.25) is 0 Å². The Morgan fingerprint density at radius 3 is 2.62 bits per heavy atom. The summed E-state index contributed by atoms with van der Waals surface area (Å²) in [6.45, 7) is 5.95. The number of alkyl halides is 1. The molecule has 2 heteroatoms. The smallest absolute Gasteiger partial charge is 0.0577 e. The highest BCUT2D eigenvalue weighted by Crippen LogP contribution is 2.12. The summed E-state index contributed by atoms with van der Waals surface area (Å²) < 4.78 is 0. The largest absolute Gasteiger partial charge is 0.393 e. The maximum absolute atomic E-state index is 9.53. The van der Waals surface area contributed by atoms with Crippen molar-refractivity contribution in [3.05, 3.63) is 12.2 Å². The van der Waals surface area contributed by atoms with Gasteiger partial charge >= 0.3 is 0 Å². The van der Waals surface area contributed by atoms with E-state index in [1.807, 2.05) is 0 Å². The molecule has 0 heterocycles. The van der Waals surface area contributed by atoms with Gasteiger partial charge in [0.2, 0.25) is 0 Å². The number of aliphatic hydroxyl groups is 1. The third-order valence-corrected chi connectivity index (χ3v) is 2.48. The van der Waals surface area contributed by atoms with Gasteiger partial charge in [0, 0.05) is 5.88 Å². The first-order chi connectivity index (χ1) is 6.20. The molecular weight excluding hydrogens is 184 g/mol. The first-order valence-corrected chi connectivity index (χ1v) is 5.64. The average molecular weight is 205 g/mol. The number of hydrogen-bond acceptors (Lipinski definition) is 1. The molecule has 0 aliphatic heterocycles. The van der Waals surface area contributed by atoms with Crippen molar-refractivity contribution >= 4 is 11.6 Å². The predicted molar refractivity (Wildman–Crippen MR) is 59.2 cm³/mol. The average Bonchev–Trinajstić information content (AvgIpc) is 2.12. The Balaban J connectivity index is 3.29. The molecular formula is C11H21ClO. The summed E-state index contributed by atoms with van der Waals surface area (Å²) in [6.07, 6.45) is 6.16. The third-order valence-electron chi connectivity index (χ3n) is 2.10. The van der Waals surface area contributed by atoms with Crippen LogP contribution in [0.25, 0.3) is 0 Å². The standard InChI is InChI=1S/C11H21ClO/c1-3-4-5-6-7-11(13)8-10(2)9-12/h11,13H,2-9H2,1H3. The maximum Gasteiger partial charge on any atom is 0.0577 e. The molecule has 0 fully saturated rings. The molecule has 0 aromatic heterocycles. The van der Waals surface area contributed by atoms with Gasteiger partial charge in [0.25, 0.3) is 0 Å². The summed E-state index contributed by atoms with van der Waals surface area (Å²) in [5.74, 6) is 0.464. The van der Waals surface area contributed by atoms with Gasteiger partial charge in [-0.15, -0.1) is 11.6 Å². The maximum atomic E-state index is 9.53. The normalized spacial score (nSPS) is 12.8. The van der Waals surface area contributed by atoms with Crippen molar-refractivity contribution in [1.29, 1.82) is 0 Å². The Kier molecular flexibility index (Phi) is 8.58. The number of aliphatic hydroxyl groups excluding tert-OH is 1. The minimum Gasteiger partial charge on any atom is -0.393 e. The fourth-order valence-corrected chi connectivity index (χ4v) is 1.41. The zero-order valence-corrected chi connectivity index (χ0v) is 9.32. The predicted octanol–water partition coefficient (Wildman–Crippen LogP) is 3.50. The Hall–Kier alpha value is -0.0100. The number of unbranched alkanes of at least 4 members (excludes halogenated alkanes) is 3. The van der Waals surface area contributed by atoms with Gasteiger partial charge < -0.3 is 5.11 Å². The van der Waals surface area contributed by atoms with E-state index in [0.717, 1.165) is 18.4 Å². The van der Waals surface area contributed by atoms with Crippen LogP contribution in [0.4, 0.5) is 0 Å². The molecule has 0 amide bonds. The van der Waals surface area contributed by atoms with Crippen LogP contribution in [0.2, 0.25) is 0 Å². The fourth-order valence-electron chi connectivity index (χ4n) is 1.30. The molecule has 0 aliphatic rings. The van der Waals surface area contributed by atoms with Crippen LogP contribution in [-0.4, -0.2) is 17.1 Å². The molecule has 0 radical (unpaired) electrons. The van der Waals surface area contributed by atoms with Crippen LogP contribution in [0.15, 0.2) is 12.2 Å². The van der Waals surface area contributed by atoms with Crippen molar-refractivity contribution in [2.45, 2.75) is 51.6 Å². The minimum atomic E-state index is -0.233. The first-order valence-electron chi connectivity index (χ1n) is 5.11. The molecule has 1 unspecified atom stereocenters. The van der Waals surface area contributed by atoms with E-state index < -0.39 is 0 Å². The van der Waals surface area contributed by atoms with Crippen molar-refractivity contribution in [2.75, 3.05) is 5.88 Å². The molecule has 0 aromatic rings. The molecule has 0 aliphatic carbocycles. The van der Waals surface area contributed by atoms with Crippen molar-refractivity contribution in [3.63, 3.8) is 0 Å². The second kappa shape index (κ2) is 8.58. The Labute approximate surface area is 86.8 Å². The highest BCUT2D eigenvalue weighted by molar-refractivity contribution is 6.19. The van der Waals surface area contributed by atoms with Crippen LogP contribution in [-0.2, 0) is 0 Å². The van der Waals surface area contributed by atoms with Crippen LogP contribution in [0.1, 0.15) is 45.4 Å². The summed E-state index contributed by atoms with van der Waals surface area (Å²) in [4.78, 5) is 0. The van der Waals surface area contributed by atoms with Crippen LogP contribution in [0.5, 0.6) is 0 Å². The number of rotatable bonds is 8. The van der Waals surface area contributed by atoms with Crippen molar-refractivity contribution < 1.29 is 5.11 Å². The van der Waals surface area contributed by atoms with Crippen molar-refractivity contribution in [3.8, 4) is 0 Å².